The minimum absolute atomic E-state index is 0.874. The Morgan fingerprint density at radius 1 is 0.306 bits per heavy atom. The molecule has 0 spiro atoms. The molecule has 1 aliphatic rings. The van der Waals surface area contributed by atoms with E-state index in [9.17, 15) is 0 Å². The summed E-state index contributed by atoms with van der Waals surface area (Å²) in [7, 11) is 0.874. The number of hydrogen-bond donors (Lipinski definition) is 4. The molecular formula is C44H34N4Si. The van der Waals surface area contributed by atoms with Gasteiger partial charge in [-0.3, -0.25) is 0 Å². The van der Waals surface area contributed by atoms with Gasteiger partial charge in [0.25, 0.3) is 0 Å². The van der Waals surface area contributed by atoms with Gasteiger partial charge in [0.1, 0.15) is 0 Å². The molecule has 0 radical (unpaired) electrons. The van der Waals surface area contributed by atoms with E-state index in [0.29, 0.717) is 0 Å². The highest BCUT2D eigenvalue weighted by molar-refractivity contribution is 6.32. The van der Waals surface area contributed by atoms with Gasteiger partial charge in [0.05, 0.1) is 0 Å². The summed E-state index contributed by atoms with van der Waals surface area (Å²) in [6, 6.07) is 58.3. The molecule has 0 saturated carbocycles. The van der Waals surface area contributed by atoms with Gasteiger partial charge < -0.3 is 19.9 Å². The molecule has 234 valence electrons. The molecule has 4 nitrogen and oxygen atoms in total. The molecule has 49 heavy (non-hydrogen) atoms. The van der Waals surface area contributed by atoms with Crippen LogP contribution < -0.4 is 26.6 Å². The van der Waals surface area contributed by atoms with Crippen molar-refractivity contribution in [2.75, 3.05) is 0 Å². The van der Waals surface area contributed by atoms with E-state index >= 15 is 0 Å². The van der Waals surface area contributed by atoms with E-state index in [4.69, 9.17) is 0 Å². The number of benzene rings is 4. The topological polar surface area (TPSA) is 63.2 Å². The number of aromatic amines is 4. The number of rotatable bonds is 4. The zero-order valence-electron chi connectivity index (χ0n) is 27.1. The van der Waals surface area contributed by atoms with Gasteiger partial charge in [-0.2, -0.15) is 0 Å². The Morgan fingerprint density at radius 2 is 0.653 bits per heavy atom. The standard InChI is InChI=1S/C44H34N4Si/c49-39-27-38-42(30-17-9-3-10-18-30)36-24-23-34(46-36)40(28-13-5-1-6-14-28)32-21-22-33(45-32)41(29-15-7-2-8-16-29)35-25-26-37(47-35)43(44(39)48-38)31-19-11-4-12-20-31/h1-27,45-48H,49H3. The summed E-state index contributed by atoms with van der Waals surface area (Å²) in [6.45, 7) is 0. The average Bonchev–Trinajstić information content (AvgIpc) is 3.98. The van der Waals surface area contributed by atoms with Gasteiger partial charge in [-0.25, -0.2) is 0 Å². The van der Waals surface area contributed by atoms with Gasteiger partial charge >= 0.3 is 0 Å². The number of aromatic nitrogens is 4. The lowest BCUT2D eigenvalue weighted by Crippen LogP contribution is -2.27. The van der Waals surface area contributed by atoms with Crippen molar-refractivity contribution in [1.82, 2.24) is 19.9 Å². The summed E-state index contributed by atoms with van der Waals surface area (Å²) in [5, 5.41) is 5.64. The van der Waals surface area contributed by atoms with Gasteiger partial charge in [0.15, 0.2) is 0 Å². The summed E-state index contributed by atoms with van der Waals surface area (Å²) >= 11 is 0. The van der Waals surface area contributed by atoms with E-state index in [1.54, 1.807) is 0 Å². The summed E-state index contributed by atoms with van der Waals surface area (Å²) in [4.78, 5) is 15.6. The lowest BCUT2D eigenvalue weighted by Gasteiger charge is -2.10. The lowest BCUT2D eigenvalue weighted by molar-refractivity contribution is 1.19. The highest BCUT2D eigenvalue weighted by atomic mass is 28.1. The van der Waals surface area contributed by atoms with Crippen LogP contribution in [0, 0.1) is 0 Å². The van der Waals surface area contributed by atoms with Crippen LogP contribution in [-0.4, -0.2) is 30.2 Å². The van der Waals surface area contributed by atoms with Crippen molar-refractivity contribution < 1.29 is 0 Å². The second-order valence-electron chi connectivity index (χ2n) is 12.6. The summed E-state index contributed by atoms with van der Waals surface area (Å²) in [6.07, 6.45) is 0. The van der Waals surface area contributed by atoms with Crippen LogP contribution in [0.1, 0.15) is 45.0 Å². The molecule has 0 saturated heterocycles. The maximum atomic E-state index is 3.95. The lowest BCUT2D eigenvalue weighted by atomic mass is 10.0. The Bertz CT molecular complexity index is 2690. The summed E-state index contributed by atoms with van der Waals surface area (Å²) < 4.78 is 0. The van der Waals surface area contributed by atoms with E-state index in [1.165, 1.54) is 5.19 Å². The maximum Gasteiger partial charge on any atom is 0.0485 e. The second kappa shape index (κ2) is 12.1. The normalized spacial score (nSPS) is 12.9. The molecule has 5 heteroatoms. The number of hydrogen-bond acceptors (Lipinski definition) is 0. The number of nitrogens with one attached hydrogen (secondary N) is 4. The third-order valence-corrected chi connectivity index (χ3v) is 10.2. The fraction of sp³-hybridized carbons (Fsp3) is 0. The van der Waals surface area contributed by atoms with Crippen LogP contribution >= 0.6 is 0 Å². The van der Waals surface area contributed by atoms with Crippen molar-refractivity contribution in [2.24, 2.45) is 0 Å². The Hall–Kier alpha value is -6.30. The van der Waals surface area contributed by atoms with Crippen LogP contribution in [-0.2, 0) is 0 Å². The largest absolute Gasteiger partial charge is 0.355 e. The van der Waals surface area contributed by atoms with Crippen LogP contribution in [0.15, 0.2) is 164 Å². The molecule has 0 atom stereocenters. The van der Waals surface area contributed by atoms with Gasteiger partial charge in [0.2, 0.25) is 0 Å². The van der Waals surface area contributed by atoms with Crippen LogP contribution in [0.25, 0.3) is 22.3 Å². The molecule has 8 bridgehead atoms. The van der Waals surface area contributed by atoms with Crippen molar-refractivity contribution in [3.8, 4) is 0 Å². The fourth-order valence-electron chi connectivity index (χ4n) is 7.23. The Kier molecular flexibility index (Phi) is 7.10. The monoisotopic (exact) mass is 646 g/mol. The third-order valence-electron chi connectivity index (χ3n) is 9.46. The molecule has 4 aromatic carbocycles. The molecule has 0 amide bonds. The fourth-order valence-corrected chi connectivity index (χ4v) is 7.90. The zero-order valence-corrected chi connectivity index (χ0v) is 29.1. The Balaban J connectivity index is 1.46. The van der Waals surface area contributed by atoms with Crippen LogP contribution in [0.5, 0.6) is 0 Å². The number of fused-ring (bicyclic) bond motifs is 8. The highest BCUT2D eigenvalue weighted by Crippen LogP contribution is 2.27. The van der Waals surface area contributed by atoms with Crippen molar-refractivity contribution in [2.45, 2.75) is 0 Å². The van der Waals surface area contributed by atoms with Crippen LogP contribution in [0.2, 0.25) is 0 Å². The first kappa shape index (κ1) is 28.9. The van der Waals surface area contributed by atoms with E-state index in [-0.39, 0.29) is 0 Å². The predicted octanol–water partition coefficient (Wildman–Crippen LogP) is 4.29. The predicted molar refractivity (Wildman–Crippen MR) is 203 cm³/mol. The molecule has 9 rings (SSSR count). The van der Waals surface area contributed by atoms with Gasteiger partial charge in [-0.05, 0) is 69.9 Å². The van der Waals surface area contributed by atoms with E-state index in [0.717, 1.165) is 99.0 Å². The van der Waals surface area contributed by atoms with Crippen molar-refractivity contribution in [1.29, 1.82) is 0 Å². The van der Waals surface area contributed by atoms with Crippen molar-refractivity contribution >= 4 is 37.7 Å². The maximum absolute atomic E-state index is 3.95. The van der Waals surface area contributed by atoms with E-state index in [2.05, 4.69) is 184 Å². The number of H-pyrrole nitrogens is 4. The second-order valence-corrected chi connectivity index (χ2v) is 13.6. The quantitative estimate of drug-likeness (QED) is 0.206. The minimum Gasteiger partial charge on any atom is -0.355 e. The van der Waals surface area contributed by atoms with Crippen molar-refractivity contribution in [3.05, 3.63) is 230 Å². The van der Waals surface area contributed by atoms with Gasteiger partial charge in [-0.15, -0.1) is 0 Å². The van der Waals surface area contributed by atoms with Crippen LogP contribution in [0.4, 0.5) is 0 Å². The molecule has 0 unspecified atom stereocenters. The Labute approximate surface area is 287 Å². The molecule has 5 heterocycles. The van der Waals surface area contributed by atoms with Gasteiger partial charge in [-0.1, -0.05) is 121 Å². The molecule has 4 aromatic heterocycles. The first-order valence-corrected chi connectivity index (χ1v) is 17.7. The molecule has 1 aliphatic heterocycles. The first-order valence-electron chi connectivity index (χ1n) is 16.7. The molecule has 0 fully saturated rings. The molecule has 0 aliphatic carbocycles. The van der Waals surface area contributed by atoms with E-state index < -0.39 is 0 Å². The summed E-state index contributed by atoms with van der Waals surface area (Å²) in [5.41, 5.74) is 13.4. The van der Waals surface area contributed by atoms with E-state index in [1.807, 2.05) is 0 Å². The minimum atomic E-state index is 0.874. The average molecular weight is 647 g/mol. The third kappa shape index (κ3) is 5.17. The van der Waals surface area contributed by atoms with Gasteiger partial charge in [0, 0.05) is 76.7 Å². The SMILES string of the molecule is [SiH3]c1cc2[nH]c1=C(c1ccccc1)c1ccc([nH]1)C(c1ccccc1)=c1ccc([nH]1)=C(c1ccccc1)c1ccc([nH]1)C=2c1ccccc1. The Morgan fingerprint density at radius 3 is 1.06 bits per heavy atom. The summed E-state index contributed by atoms with van der Waals surface area (Å²) in [5.74, 6) is 0. The molecule has 8 aromatic rings. The zero-order chi connectivity index (χ0) is 32.7. The highest BCUT2D eigenvalue weighted by Gasteiger charge is 2.18. The van der Waals surface area contributed by atoms with Crippen LogP contribution in [0.3, 0.4) is 0 Å². The first-order chi connectivity index (χ1) is 24.2. The van der Waals surface area contributed by atoms with Crippen molar-refractivity contribution in [3.63, 3.8) is 0 Å². The molecule has 4 N–H and O–H groups in total. The molecular weight excluding hydrogens is 613 g/mol. The smallest absolute Gasteiger partial charge is 0.0485 e.